The fraction of sp³-hybridized carbons (Fsp3) is 0.231. The Balaban J connectivity index is 1.49. The van der Waals surface area contributed by atoms with Crippen molar-refractivity contribution >= 4 is 16.9 Å². The van der Waals surface area contributed by atoms with Crippen LogP contribution in [-0.4, -0.2) is 28.7 Å². The van der Waals surface area contributed by atoms with Crippen molar-refractivity contribution in [2.24, 2.45) is 7.05 Å². The quantitative estimate of drug-likeness (QED) is 0.421. The second-order valence-corrected chi connectivity index (χ2v) is 7.54. The topological polar surface area (TPSA) is 65.4 Å². The Hall–Kier alpha value is -3.80. The number of benzene rings is 3. The first-order valence-corrected chi connectivity index (χ1v) is 10.8. The third-order valence-electron chi connectivity index (χ3n) is 5.18. The van der Waals surface area contributed by atoms with Gasteiger partial charge in [0.25, 0.3) is 5.91 Å². The molecule has 0 aliphatic carbocycles. The molecule has 164 valence electrons. The zero-order chi connectivity index (χ0) is 22.3. The van der Waals surface area contributed by atoms with Crippen LogP contribution in [0.25, 0.3) is 11.0 Å². The smallest absolute Gasteiger partial charge is 0.258 e. The van der Waals surface area contributed by atoms with Gasteiger partial charge in [-0.15, -0.1) is 0 Å². The summed E-state index contributed by atoms with van der Waals surface area (Å²) in [7, 11) is 1.96. The number of nitrogens with one attached hydrogen (secondary N) is 1. The fourth-order valence-corrected chi connectivity index (χ4v) is 3.57. The number of aryl methyl sites for hydroxylation is 1. The molecule has 0 saturated heterocycles. The summed E-state index contributed by atoms with van der Waals surface area (Å²) in [5.41, 5.74) is 2.86. The van der Waals surface area contributed by atoms with Crippen molar-refractivity contribution in [3.63, 3.8) is 0 Å². The summed E-state index contributed by atoms with van der Waals surface area (Å²) in [6.45, 7) is 2.64. The first-order chi connectivity index (χ1) is 15.7. The van der Waals surface area contributed by atoms with Gasteiger partial charge in [-0.2, -0.15) is 0 Å². The molecule has 1 heterocycles. The number of carbonyl (C=O) groups is 1. The Morgan fingerprint density at radius 3 is 2.28 bits per heavy atom. The van der Waals surface area contributed by atoms with Crippen LogP contribution in [0.4, 0.5) is 0 Å². The predicted octanol–water partition coefficient (Wildman–Crippen LogP) is 4.65. The van der Waals surface area contributed by atoms with Gasteiger partial charge >= 0.3 is 0 Å². The van der Waals surface area contributed by atoms with Crippen molar-refractivity contribution < 1.29 is 14.3 Å². The monoisotopic (exact) mass is 429 g/mol. The third kappa shape index (κ3) is 4.91. The minimum absolute atomic E-state index is 0.0948. The lowest BCUT2D eigenvalue weighted by Crippen LogP contribution is -2.34. The number of aromatic nitrogens is 2. The van der Waals surface area contributed by atoms with Crippen molar-refractivity contribution in [2.75, 3.05) is 13.2 Å². The van der Waals surface area contributed by atoms with E-state index in [0.717, 1.165) is 34.6 Å². The number of rotatable bonds is 9. The summed E-state index contributed by atoms with van der Waals surface area (Å²) in [4.78, 5) is 17.6. The minimum Gasteiger partial charge on any atom is -0.494 e. The van der Waals surface area contributed by atoms with Gasteiger partial charge in [0, 0.05) is 7.05 Å². The molecule has 0 aliphatic heterocycles. The Labute approximate surface area is 187 Å². The Kier molecular flexibility index (Phi) is 6.70. The van der Waals surface area contributed by atoms with Crippen molar-refractivity contribution in [2.45, 2.75) is 19.4 Å². The van der Waals surface area contributed by atoms with Gasteiger partial charge in [0.15, 0.2) is 6.61 Å². The number of fused-ring (bicyclic) bond motifs is 1. The number of amides is 1. The lowest BCUT2D eigenvalue weighted by Gasteiger charge is -2.19. The SMILES string of the molecule is CCCOc1ccc(OCC(=O)NC(c2ccccc2)c2nc3ccccc3n2C)cc1. The van der Waals surface area contributed by atoms with E-state index in [1.54, 1.807) is 12.1 Å². The number of carbonyl (C=O) groups excluding carboxylic acids is 1. The van der Waals surface area contributed by atoms with Crippen molar-refractivity contribution in [3.8, 4) is 11.5 Å². The zero-order valence-electron chi connectivity index (χ0n) is 18.3. The van der Waals surface area contributed by atoms with Gasteiger partial charge in [0.1, 0.15) is 23.4 Å². The van der Waals surface area contributed by atoms with Crippen LogP contribution >= 0.6 is 0 Å². The molecule has 0 fully saturated rings. The van der Waals surface area contributed by atoms with Crippen LogP contribution < -0.4 is 14.8 Å². The second-order valence-electron chi connectivity index (χ2n) is 7.54. The van der Waals surface area contributed by atoms with Gasteiger partial charge in [0.2, 0.25) is 0 Å². The molecule has 4 rings (SSSR count). The molecule has 1 aromatic heterocycles. The van der Waals surface area contributed by atoms with Crippen LogP contribution in [0.3, 0.4) is 0 Å². The van der Waals surface area contributed by atoms with E-state index < -0.39 is 6.04 Å². The zero-order valence-corrected chi connectivity index (χ0v) is 18.3. The molecule has 0 radical (unpaired) electrons. The van der Waals surface area contributed by atoms with Gasteiger partial charge < -0.3 is 19.4 Å². The Bertz CT molecular complexity index is 1170. The fourth-order valence-electron chi connectivity index (χ4n) is 3.57. The maximum Gasteiger partial charge on any atom is 0.258 e. The molecule has 6 nitrogen and oxygen atoms in total. The summed E-state index contributed by atoms with van der Waals surface area (Å²) in [6.07, 6.45) is 0.951. The molecular weight excluding hydrogens is 402 g/mol. The Morgan fingerprint density at radius 1 is 0.938 bits per heavy atom. The molecule has 0 bridgehead atoms. The standard InChI is InChI=1S/C26H27N3O3/c1-3-17-31-20-13-15-21(16-14-20)32-18-24(30)28-25(19-9-5-4-6-10-19)26-27-22-11-7-8-12-23(22)29(26)2/h4-16,25H,3,17-18H2,1-2H3,(H,28,30). The average Bonchev–Trinajstić information content (AvgIpc) is 3.17. The van der Waals surface area contributed by atoms with E-state index in [1.807, 2.05) is 78.3 Å². The molecule has 1 atom stereocenters. The van der Waals surface area contributed by atoms with Crippen molar-refractivity contribution in [1.82, 2.24) is 14.9 Å². The van der Waals surface area contributed by atoms with Gasteiger partial charge in [-0.25, -0.2) is 4.98 Å². The normalized spacial score (nSPS) is 11.8. The van der Waals surface area contributed by atoms with Crippen molar-refractivity contribution in [1.29, 1.82) is 0 Å². The largest absolute Gasteiger partial charge is 0.494 e. The summed E-state index contributed by atoms with van der Waals surface area (Å²) >= 11 is 0. The highest BCUT2D eigenvalue weighted by atomic mass is 16.5. The summed E-state index contributed by atoms with van der Waals surface area (Å²) in [5.74, 6) is 1.94. The number of hydrogen-bond acceptors (Lipinski definition) is 4. The van der Waals surface area contributed by atoms with E-state index in [2.05, 4.69) is 12.2 Å². The second kappa shape index (κ2) is 10.0. The number of hydrogen-bond donors (Lipinski definition) is 1. The third-order valence-corrected chi connectivity index (χ3v) is 5.18. The molecule has 0 saturated carbocycles. The van der Waals surface area contributed by atoms with E-state index in [1.165, 1.54) is 0 Å². The molecule has 4 aromatic rings. The molecule has 1 amide bonds. The highest BCUT2D eigenvalue weighted by molar-refractivity contribution is 5.79. The first kappa shape index (κ1) is 21.4. The molecule has 0 aliphatic rings. The van der Waals surface area contributed by atoms with Crippen LogP contribution in [0.15, 0.2) is 78.9 Å². The molecule has 1 N–H and O–H groups in total. The highest BCUT2D eigenvalue weighted by Gasteiger charge is 2.22. The predicted molar refractivity (Wildman–Crippen MR) is 125 cm³/mol. The van der Waals surface area contributed by atoms with Crippen LogP contribution in [0.1, 0.15) is 30.8 Å². The highest BCUT2D eigenvalue weighted by Crippen LogP contribution is 2.25. The summed E-state index contributed by atoms with van der Waals surface area (Å²) < 4.78 is 13.3. The first-order valence-electron chi connectivity index (χ1n) is 10.8. The number of imidazole rings is 1. The number of nitrogens with zero attached hydrogens (tertiary/aromatic N) is 2. The van der Waals surface area contributed by atoms with Crippen LogP contribution in [0.5, 0.6) is 11.5 Å². The van der Waals surface area contributed by atoms with Gasteiger partial charge in [-0.05, 0) is 48.4 Å². The van der Waals surface area contributed by atoms with E-state index in [-0.39, 0.29) is 12.5 Å². The molecule has 6 heteroatoms. The molecule has 1 unspecified atom stereocenters. The maximum absolute atomic E-state index is 12.8. The van der Waals surface area contributed by atoms with Crippen LogP contribution in [-0.2, 0) is 11.8 Å². The number of para-hydroxylation sites is 2. The lowest BCUT2D eigenvalue weighted by molar-refractivity contribution is -0.123. The van der Waals surface area contributed by atoms with Gasteiger partial charge in [-0.3, -0.25) is 4.79 Å². The average molecular weight is 430 g/mol. The van der Waals surface area contributed by atoms with Gasteiger partial charge in [-0.1, -0.05) is 49.4 Å². The van der Waals surface area contributed by atoms with Gasteiger partial charge in [0.05, 0.1) is 17.6 Å². The van der Waals surface area contributed by atoms with Crippen LogP contribution in [0.2, 0.25) is 0 Å². The minimum atomic E-state index is -0.394. The lowest BCUT2D eigenvalue weighted by atomic mass is 10.1. The maximum atomic E-state index is 12.8. The molecular formula is C26H27N3O3. The van der Waals surface area contributed by atoms with Crippen molar-refractivity contribution in [3.05, 3.63) is 90.3 Å². The van der Waals surface area contributed by atoms with Crippen LogP contribution in [0, 0.1) is 0 Å². The molecule has 32 heavy (non-hydrogen) atoms. The van der Waals surface area contributed by atoms with E-state index in [0.29, 0.717) is 12.4 Å². The molecule has 0 spiro atoms. The Morgan fingerprint density at radius 2 is 1.59 bits per heavy atom. The summed E-state index contributed by atoms with van der Waals surface area (Å²) in [5, 5.41) is 3.09. The van der Waals surface area contributed by atoms with E-state index >= 15 is 0 Å². The van der Waals surface area contributed by atoms with E-state index in [9.17, 15) is 4.79 Å². The molecule has 3 aromatic carbocycles. The number of ether oxygens (including phenoxy) is 2. The summed E-state index contributed by atoms with van der Waals surface area (Å²) in [6, 6.07) is 24.7. The van der Waals surface area contributed by atoms with E-state index in [4.69, 9.17) is 14.5 Å².